The van der Waals surface area contributed by atoms with E-state index in [0.29, 0.717) is 12.8 Å². The van der Waals surface area contributed by atoms with Crippen LogP contribution in [0.4, 0.5) is 0 Å². The summed E-state index contributed by atoms with van der Waals surface area (Å²) in [7, 11) is -4.79. The van der Waals surface area contributed by atoms with E-state index in [4.69, 9.17) is 24.8 Å². The molecule has 0 aromatic carbocycles. The number of nitrogens with two attached hydrogens (primary N) is 1. The second-order valence-corrected chi connectivity index (χ2v) is 18.8. The molecule has 12 heteroatoms. The number of aliphatic carboxylic acids is 1. The molecule has 0 bridgehead atoms. The van der Waals surface area contributed by atoms with Crippen LogP contribution < -0.4 is 5.73 Å². The summed E-state index contributed by atoms with van der Waals surface area (Å²) in [6, 6.07) is -1.56. The van der Waals surface area contributed by atoms with Gasteiger partial charge in [0.05, 0.1) is 26.1 Å². The zero-order valence-corrected chi connectivity index (χ0v) is 48.2. The highest BCUT2D eigenvalue weighted by Crippen LogP contribution is 2.43. The van der Waals surface area contributed by atoms with Gasteiger partial charge in [-0.25, -0.2) is 4.57 Å². The van der Waals surface area contributed by atoms with Gasteiger partial charge in [0.15, 0.2) is 6.10 Å². The van der Waals surface area contributed by atoms with E-state index >= 15 is 0 Å². The smallest absolute Gasteiger partial charge is 0.472 e. The van der Waals surface area contributed by atoms with Crippen LogP contribution in [0.2, 0.25) is 0 Å². The van der Waals surface area contributed by atoms with Crippen molar-refractivity contribution in [3.05, 3.63) is 231 Å². The number of phosphoric ester groups is 1. The lowest BCUT2D eigenvalue weighted by molar-refractivity contribution is -0.160. The Morgan fingerprint density at radius 3 is 0.848 bits per heavy atom. The average Bonchev–Trinajstić information content (AvgIpc) is 3.43. The van der Waals surface area contributed by atoms with Crippen molar-refractivity contribution >= 4 is 25.7 Å². The third-order valence-electron chi connectivity index (χ3n) is 10.4. The molecule has 0 heterocycles. The molecule has 0 rings (SSSR count). The van der Waals surface area contributed by atoms with Gasteiger partial charge in [-0.1, -0.05) is 231 Å². The minimum Gasteiger partial charge on any atom is -0.480 e. The molecular formula is C67H94NO10P. The fourth-order valence-electron chi connectivity index (χ4n) is 6.10. The Kier molecular flexibility index (Phi) is 53.0. The van der Waals surface area contributed by atoms with Crippen LogP contribution in [-0.4, -0.2) is 59.9 Å². The van der Waals surface area contributed by atoms with Crippen molar-refractivity contribution in [3.8, 4) is 0 Å². The van der Waals surface area contributed by atoms with Crippen LogP contribution in [0.15, 0.2) is 231 Å². The highest BCUT2D eigenvalue weighted by Gasteiger charge is 2.28. The predicted molar refractivity (Wildman–Crippen MR) is 331 cm³/mol. The van der Waals surface area contributed by atoms with Gasteiger partial charge in [-0.2, -0.15) is 0 Å². The summed E-state index contributed by atoms with van der Waals surface area (Å²) in [5.41, 5.74) is 5.35. The second kappa shape index (κ2) is 57.7. The first-order chi connectivity index (χ1) is 38.6. The van der Waals surface area contributed by atoms with E-state index in [1.165, 1.54) is 0 Å². The summed E-state index contributed by atoms with van der Waals surface area (Å²) in [6.07, 6.45) is 93.3. The molecule has 0 radical (unpaired) electrons. The minimum atomic E-state index is -4.79. The summed E-state index contributed by atoms with van der Waals surface area (Å²) < 4.78 is 32.6. The van der Waals surface area contributed by atoms with Gasteiger partial charge >= 0.3 is 25.7 Å². The maximum Gasteiger partial charge on any atom is 0.472 e. The lowest BCUT2D eigenvalue weighted by Crippen LogP contribution is -2.34. The number of ether oxygens (including phenoxy) is 2. The maximum absolute atomic E-state index is 12.7. The van der Waals surface area contributed by atoms with Crippen molar-refractivity contribution in [2.45, 2.75) is 148 Å². The Bertz CT molecular complexity index is 2220. The average molecular weight is 1100 g/mol. The van der Waals surface area contributed by atoms with E-state index < -0.39 is 57.7 Å². The SMILES string of the molecule is CC=CCC=CCC=CCC=CCC=CCC=CCC=CCC=CCC=CCC=CCC(=O)OC[C@H](COP(=O)(O)OC[C@H](N)C(=O)O)OC(=O)CC=CCC=CCC=CCC=CCC=CCC=CCC=CCC=CCC=CC. The maximum atomic E-state index is 12.7. The van der Waals surface area contributed by atoms with Crippen molar-refractivity contribution < 1.29 is 47.5 Å². The molecule has 1 unspecified atom stereocenters. The van der Waals surface area contributed by atoms with Crippen molar-refractivity contribution in [3.63, 3.8) is 0 Å². The third-order valence-corrected chi connectivity index (χ3v) is 11.3. The number of phosphoric acid groups is 1. The van der Waals surface area contributed by atoms with E-state index in [9.17, 15) is 23.8 Å². The zero-order valence-electron chi connectivity index (χ0n) is 47.3. The Morgan fingerprint density at radius 1 is 0.367 bits per heavy atom. The van der Waals surface area contributed by atoms with Gasteiger partial charge in [-0.15, -0.1) is 0 Å². The molecule has 3 atom stereocenters. The van der Waals surface area contributed by atoms with E-state index in [0.717, 1.165) is 96.3 Å². The summed E-state index contributed by atoms with van der Waals surface area (Å²) in [5.74, 6) is -2.74. The molecule has 0 spiro atoms. The van der Waals surface area contributed by atoms with Gasteiger partial charge in [-0.3, -0.25) is 23.4 Å². The number of carbonyl (C=O) groups is 3. The quantitative estimate of drug-likeness (QED) is 0.0301. The Labute approximate surface area is 475 Å². The fraction of sp³-hybridized carbons (Fsp3) is 0.388. The van der Waals surface area contributed by atoms with Gasteiger partial charge in [0.1, 0.15) is 12.6 Å². The molecule has 11 nitrogen and oxygen atoms in total. The van der Waals surface area contributed by atoms with Crippen LogP contribution in [-0.2, 0) is 37.5 Å². The second-order valence-electron chi connectivity index (χ2n) is 17.4. The fourth-order valence-corrected chi connectivity index (χ4v) is 6.88. The number of hydrogen-bond acceptors (Lipinski definition) is 9. The minimum absolute atomic E-state index is 0.0513. The van der Waals surface area contributed by atoms with Gasteiger partial charge in [0.2, 0.25) is 0 Å². The van der Waals surface area contributed by atoms with E-state index in [1.54, 1.807) is 18.2 Å². The van der Waals surface area contributed by atoms with Crippen LogP contribution in [0.5, 0.6) is 0 Å². The van der Waals surface area contributed by atoms with Gasteiger partial charge < -0.3 is 25.2 Å². The number of allylic oxidation sites excluding steroid dienone is 36. The topological polar surface area (TPSA) is 172 Å². The summed E-state index contributed by atoms with van der Waals surface area (Å²) in [4.78, 5) is 46.2. The molecule has 0 amide bonds. The highest BCUT2D eigenvalue weighted by molar-refractivity contribution is 7.47. The molecule has 0 aliphatic heterocycles. The van der Waals surface area contributed by atoms with Crippen molar-refractivity contribution in [2.24, 2.45) is 5.73 Å². The molecular weight excluding hydrogens is 1010 g/mol. The predicted octanol–water partition coefficient (Wildman–Crippen LogP) is 17.0. The van der Waals surface area contributed by atoms with Crippen LogP contribution in [0.25, 0.3) is 0 Å². The Balaban J connectivity index is 4.54. The largest absolute Gasteiger partial charge is 0.480 e. The molecule has 4 N–H and O–H groups in total. The molecule has 0 saturated heterocycles. The summed E-state index contributed by atoms with van der Waals surface area (Å²) >= 11 is 0. The molecule has 432 valence electrons. The molecule has 0 aliphatic carbocycles. The van der Waals surface area contributed by atoms with E-state index in [2.05, 4.69) is 187 Å². The van der Waals surface area contributed by atoms with Gasteiger partial charge in [0, 0.05) is 0 Å². The first-order valence-electron chi connectivity index (χ1n) is 27.8. The Hall–Kier alpha value is -6.46. The number of carboxylic acid groups (broad SMARTS) is 1. The third kappa shape index (κ3) is 57.5. The summed E-state index contributed by atoms with van der Waals surface area (Å²) in [6.45, 7) is 2.13. The molecule has 0 aromatic rings. The Morgan fingerprint density at radius 2 is 0.595 bits per heavy atom. The monoisotopic (exact) mass is 1100 g/mol. The van der Waals surface area contributed by atoms with E-state index in [1.807, 2.05) is 44.2 Å². The number of hydrogen-bond donors (Lipinski definition) is 3. The zero-order chi connectivity index (χ0) is 57.6. The molecule has 0 saturated carbocycles. The van der Waals surface area contributed by atoms with Gasteiger partial charge in [0.25, 0.3) is 0 Å². The number of esters is 2. The number of rotatable bonds is 48. The van der Waals surface area contributed by atoms with Crippen molar-refractivity contribution in [1.82, 2.24) is 0 Å². The standard InChI is InChI=1S/C67H94NO10P/c1-3-5-7-9-11-13-15-17-19-21-23-25-27-29-31-32-33-35-36-38-40-42-44-46-48-50-52-54-56-58-65(69)75-60-63(61-76-79(73,74)77-62-64(68)67(71)72)78-66(70)59-57-55-53-51-49-47-45-43-41-39-37-34-30-28-26-24-22-20-18-16-14-12-10-8-6-4-2/h3-6,9-12,15-18,21-24,27-30,32-33,36-39,42-45,48-51,54-57,63-64H,7-8,13-14,19-20,25-26,31,34-35,40-41,46-47,52-53,58-62,68H2,1-2H3,(H,71,72)(H,73,74)/t63-,64+/m1/s1. The molecule has 0 fully saturated rings. The number of carbonyl (C=O) groups excluding carboxylic acids is 2. The van der Waals surface area contributed by atoms with Crippen LogP contribution in [0, 0.1) is 0 Å². The van der Waals surface area contributed by atoms with Crippen LogP contribution >= 0.6 is 7.82 Å². The molecule has 79 heavy (non-hydrogen) atoms. The number of carboxylic acids is 1. The lowest BCUT2D eigenvalue weighted by atomic mass is 10.2. The van der Waals surface area contributed by atoms with Crippen molar-refractivity contribution in [1.29, 1.82) is 0 Å². The first-order valence-corrected chi connectivity index (χ1v) is 29.3. The van der Waals surface area contributed by atoms with Crippen LogP contribution in [0.1, 0.15) is 136 Å². The summed E-state index contributed by atoms with van der Waals surface area (Å²) in [5, 5.41) is 8.94. The highest BCUT2D eigenvalue weighted by atomic mass is 31.2. The van der Waals surface area contributed by atoms with Crippen molar-refractivity contribution in [2.75, 3.05) is 19.8 Å². The molecule has 0 aliphatic rings. The van der Waals surface area contributed by atoms with Crippen LogP contribution in [0.3, 0.4) is 0 Å². The normalized spacial score (nSPS) is 15.1. The molecule has 0 aromatic heterocycles. The lowest BCUT2D eigenvalue weighted by Gasteiger charge is -2.20. The van der Waals surface area contributed by atoms with E-state index in [-0.39, 0.29) is 12.8 Å². The van der Waals surface area contributed by atoms with Gasteiger partial charge in [-0.05, 0) is 123 Å². The first kappa shape index (κ1) is 72.5.